The smallest absolute Gasteiger partial charge is 0.338 e. The number of hydrogen-bond acceptors (Lipinski definition) is 6. The third kappa shape index (κ3) is 5.78. The molecule has 2 aromatic rings. The van der Waals surface area contributed by atoms with Gasteiger partial charge in [-0.1, -0.05) is 6.07 Å². The average Bonchev–Trinajstić information content (AvgIpc) is 2.72. The molecule has 0 unspecified atom stereocenters. The molecule has 0 fully saturated rings. The van der Waals surface area contributed by atoms with Gasteiger partial charge in [0.15, 0.2) is 6.61 Å². The van der Waals surface area contributed by atoms with Crippen LogP contribution in [-0.4, -0.2) is 51.4 Å². The number of sulfonamides is 1. The molecular formula is C20H24N2O6S. The maximum absolute atomic E-state index is 12.6. The van der Waals surface area contributed by atoms with Crippen molar-refractivity contribution in [3.05, 3.63) is 54.1 Å². The lowest BCUT2D eigenvalue weighted by Gasteiger charge is -2.21. The van der Waals surface area contributed by atoms with E-state index >= 15 is 0 Å². The number of rotatable bonds is 8. The number of anilines is 1. The first-order chi connectivity index (χ1) is 13.6. The highest BCUT2D eigenvalue weighted by Gasteiger charge is 2.24. The Morgan fingerprint density at radius 2 is 1.76 bits per heavy atom. The second kappa shape index (κ2) is 9.53. The molecule has 156 valence electrons. The minimum atomic E-state index is -3.74. The van der Waals surface area contributed by atoms with Gasteiger partial charge in [0.1, 0.15) is 5.75 Å². The van der Waals surface area contributed by atoms with Crippen molar-refractivity contribution in [2.75, 3.05) is 26.1 Å². The van der Waals surface area contributed by atoms with Gasteiger partial charge in [-0.25, -0.2) is 13.2 Å². The fraction of sp³-hybridized carbons (Fsp3) is 0.300. The molecule has 0 saturated heterocycles. The summed E-state index contributed by atoms with van der Waals surface area (Å²) in [4.78, 5) is 24.2. The van der Waals surface area contributed by atoms with Crippen LogP contribution in [0.2, 0.25) is 0 Å². The van der Waals surface area contributed by atoms with Crippen molar-refractivity contribution in [2.45, 2.75) is 24.8 Å². The van der Waals surface area contributed by atoms with Crippen LogP contribution < -0.4 is 10.1 Å². The van der Waals surface area contributed by atoms with Gasteiger partial charge in [0, 0.05) is 18.8 Å². The highest BCUT2D eigenvalue weighted by atomic mass is 32.2. The first-order valence-corrected chi connectivity index (χ1v) is 10.3. The second-order valence-electron chi connectivity index (χ2n) is 6.50. The molecule has 9 heteroatoms. The molecule has 0 bridgehead atoms. The SMILES string of the molecule is COc1ccc(NC(=O)COC(=O)c2cccc(S(=O)(=O)N(C)C(C)C)c2)cc1. The van der Waals surface area contributed by atoms with Crippen LogP contribution in [0.15, 0.2) is 53.4 Å². The summed E-state index contributed by atoms with van der Waals surface area (Å²) in [5.74, 6) is -0.668. The zero-order valence-corrected chi connectivity index (χ0v) is 17.5. The third-order valence-corrected chi connectivity index (χ3v) is 6.21. The molecule has 2 aromatic carbocycles. The number of nitrogens with one attached hydrogen (secondary N) is 1. The van der Waals surface area contributed by atoms with Crippen LogP contribution >= 0.6 is 0 Å². The number of methoxy groups -OCH3 is 1. The Kier molecular flexibility index (Phi) is 7.35. The number of hydrogen-bond donors (Lipinski definition) is 1. The van der Waals surface area contributed by atoms with E-state index in [4.69, 9.17) is 9.47 Å². The van der Waals surface area contributed by atoms with Crippen LogP contribution in [0, 0.1) is 0 Å². The van der Waals surface area contributed by atoms with Crippen LogP contribution in [0.25, 0.3) is 0 Å². The van der Waals surface area contributed by atoms with E-state index in [2.05, 4.69) is 5.32 Å². The average molecular weight is 420 g/mol. The summed E-state index contributed by atoms with van der Waals surface area (Å²) in [5.41, 5.74) is 0.567. The van der Waals surface area contributed by atoms with Gasteiger partial charge in [0.2, 0.25) is 10.0 Å². The van der Waals surface area contributed by atoms with Crippen LogP contribution in [0.1, 0.15) is 24.2 Å². The molecule has 0 radical (unpaired) electrons. The fourth-order valence-corrected chi connectivity index (χ4v) is 3.73. The molecule has 0 saturated carbocycles. The lowest BCUT2D eigenvalue weighted by molar-refractivity contribution is -0.119. The number of carbonyl (C=O) groups excluding carboxylic acids is 2. The first kappa shape index (κ1) is 22.4. The van der Waals surface area contributed by atoms with E-state index < -0.39 is 28.5 Å². The highest BCUT2D eigenvalue weighted by molar-refractivity contribution is 7.89. The molecule has 0 aliphatic heterocycles. The van der Waals surface area contributed by atoms with E-state index in [1.165, 1.54) is 42.7 Å². The van der Waals surface area contributed by atoms with Crippen molar-refractivity contribution < 1.29 is 27.5 Å². The van der Waals surface area contributed by atoms with Crippen molar-refractivity contribution in [3.8, 4) is 5.75 Å². The Balaban J connectivity index is 2.01. The number of esters is 1. The van der Waals surface area contributed by atoms with Gasteiger partial charge in [0.25, 0.3) is 5.91 Å². The molecule has 0 heterocycles. The van der Waals surface area contributed by atoms with Crippen molar-refractivity contribution in [1.29, 1.82) is 0 Å². The van der Waals surface area contributed by atoms with Gasteiger partial charge >= 0.3 is 5.97 Å². The van der Waals surface area contributed by atoms with E-state index in [0.29, 0.717) is 11.4 Å². The van der Waals surface area contributed by atoms with Gasteiger partial charge in [0.05, 0.1) is 17.6 Å². The van der Waals surface area contributed by atoms with E-state index in [9.17, 15) is 18.0 Å². The number of nitrogens with zero attached hydrogens (tertiary/aromatic N) is 1. The van der Waals surface area contributed by atoms with Gasteiger partial charge in [-0.15, -0.1) is 0 Å². The molecule has 29 heavy (non-hydrogen) atoms. The third-order valence-electron chi connectivity index (χ3n) is 4.18. The second-order valence-corrected chi connectivity index (χ2v) is 8.49. The Morgan fingerprint density at radius 1 is 1.10 bits per heavy atom. The van der Waals surface area contributed by atoms with Crippen LogP contribution in [-0.2, 0) is 19.6 Å². The number of benzene rings is 2. The molecule has 1 amide bonds. The summed E-state index contributed by atoms with van der Waals surface area (Å²) in [6, 6.07) is 11.9. The van der Waals surface area contributed by atoms with Gasteiger partial charge in [-0.2, -0.15) is 4.31 Å². The lowest BCUT2D eigenvalue weighted by atomic mass is 10.2. The first-order valence-electron chi connectivity index (χ1n) is 8.84. The van der Waals surface area contributed by atoms with E-state index in [-0.39, 0.29) is 16.5 Å². The summed E-state index contributed by atoms with van der Waals surface area (Å²) >= 11 is 0. The summed E-state index contributed by atoms with van der Waals surface area (Å²) in [7, 11) is -0.733. The summed E-state index contributed by atoms with van der Waals surface area (Å²) in [6.45, 7) is 2.99. The molecule has 0 atom stereocenters. The molecule has 8 nitrogen and oxygen atoms in total. The topological polar surface area (TPSA) is 102 Å². The largest absolute Gasteiger partial charge is 0.497 e. The minimum Gasteiger partial charge on any atom is -0.497 e. The van der Waals surface area contributed by atoms with Gasteiger partial charge in [-0.05, 0) is 56.3 Å². The summed E-state index contributed by atoms with van der Waals surface area (Å²) in [5, 5.41) is 2.59. The Morgan fingerprint density at radius 3 is 2.34 bits per heavy atom. The van der Waals surface area contributed by atoms with Crippen LogP contribution in [0.3, 0.4) is 0 Å². The number of ether oxygens (including phenoxy) is 2. The van der Waals surface area contributed by atoms with E-state index in [1.54, 1.807) is 38.1 Å². The molecule has 0 spiro atoms. The molecule has 0 aromatic heterocycles. The fourth-order valence-electron chi connectivity index (χ4n) is 2.31. The Labute approximate surface area is 170 Å². The quantitative estimate of drug-likeness (QED) is 0.659. The number of amides is 1. The monoisotopic (exact) mass is 420 g/mol. The lowest BCUT2D eigenvalue weighted by Crippen LogP contribution is -2.33. The Hall–Kier alpha value is -2.91. The van der Waals surface area contributed by atoms with Gasteiger partial charge < -0.3 is 14.8 Å². The van der Waals surface area contributed by atoms with Crippen molar-refractivity contribution in [3.63, 3.8) is 0 Å². The van der Waals surface area contributed by atoms with Crippen molar-refractivity contribution >= 4 is 27.6 Å². The van der Waals surface area contributed by atoms with Gasteiger partial charge in [-0.3, -0.25) is 4.79 Å². The zero-order chi connectivity index (χ0) is 21.6. The molecule has 0 aliphatic carbocycles. The molecule has 0 aliphatic rings. The van der Waals surface area contributed by atoms with Crippen LogP contribution in [0.4, 0.5) is 5.69 Å². The normalized spacial score (nSPS) is 11.4. The highest BCUT2D eigenvalue weighted by Crippen LogP contribution is 2.18. The maximum atomic E-state index is 12.6. The molecule has 1 N–H and O–H groups in total. The van der Waals surface area contributed by atoms with Crippen LogP contribution in [0.5, 0.6) is 5.75 Å². The van der Waals surface area contributed by atoms with Crippen molar-refractivity contribution in [2.24, 2.45) is 0 Å². The van der Waals surface area contributed by atoms with E-state index in [0.717, 1.165) is 0 Å². The summed E-state index contributed by atoms with van der Waals surface area (Å²) in [6.07, 6.45) is 0. The maximum Gasteiger partial charge on any atom is 0.338 e. The summed E-state index contributed by atoms with van der Waals surface area (Å²) < 4.78 is 36.4. The predicted molar refractivity (Wildman–Crippen MR) is 108 cm³/mol. The number of carbonyl (C=O) groups is 2. The molecule has 2 rings (SSSR count). The predicted octanol–water partition coefficient (Wildman–Crippen LogP) is 2.52. The van der Waals surface area contributed by atoms with E-state index in [1.807, 2.05) is 0 Å². The van der Waals surface area contributed by atoms with Crippen molar-refractivity contribution in [1.82, 2.24) is 4.31 Å². The molecular weight excluding hydrogens is 396 g/mol. The Bertz CT molecular complexity index is 971. The zero-order valence-electron chi connectivity index (χ0n) is 16.7. The minimum absolute atomic E-state index is 0.0224. The standard InChI is InChI=1S/C20H24N2O6S/c1-14(2)22(3)29(25,26)18-7-5-6-15(12-18)20(24)28-13-19(23)21-16-8-10-17(27-4)11-9-16/h5-12,14H,13H2,1-4H3,(H,21,23).